The molecule has 0 saturated carbocycles. The average Bonchev–Trinajstić information content (AvgIpc) is 2.54. The fourth-order valence-electron chi connectivity index (χ4n) is 2.57. The maximum absolute atomic E-state index is 12.7. The molecule has 1 aliphatic heterocycles. The van der Waals surface area contributed by atoms with E-state index in [1.807, 2.05) is 18.9 Å². The number of nitrogens with zero attached hydrogens (tertiary/aromatic N) is 1. The number of rotatable bonds is 9. The fraction of sp³-hybridized carbons (Fsp3) is 0.812. The number of halogens is 1. The summed E-state index contributed by atoms with van der Waals surface area (Å²) in [6.07, 6.45) is 3.94. The van der Waals surface area contributed by atoms with E-state index < -0.39 is 24.5 Å². The van der Waals surface area contributed by atoms with E-state index in [1.165, 1.54) is 0 Å². The van der Waals surface area contributed by atoms with Gasteiger partial charge in [0.15, 0.2) is 5.78 Å². The van der Waals surface area contributed by atoms with Crippen molar-refractivity contribution in [2.24, 2.45) is 0 Å². The topological polar surface area (TPSA) is 75.7 Å². The second kappa shape index (κ2) is 10.3. The lowest BCUT2D eigenvalue weighted by molar-refractivity contribution is -0.146. The van der Waals surface area contributed by atoms with Crippen LogP contribution in [-0.2, 0) is 19.1 Å². The van der Waals surface area contributed by atoms with Gasteiger partial charge in [0.1, 0.15) is 12.7 Å². The van der Waals surface area contributed by atoms with Gasteiger partial charge < -0.3 is 10.1 Å². The zero-order valence-corrected chi connectivity index (χ0v) is 14.0. The Hall–Kier alpha value is -1.50. The standard InChI is InChI=1S/C16H27FN2O4/c1-3-4-9-23-15(21)10-12(14(20)11-17)18-16(22)13-7-5-6-8-19(13)2/h12-13H,3-11H2,1-2H3,(H,18,22). The molecule has 2 atom stereocenters. The number of alkyl halides is 1. The number of hydrogen-bond donors (Lipinski definition) is 1. The van der Waals surface area contributed by atoms with Gasteiger partial charge >= 0.3 is 5.97 Å². The summed E-state index contributed by atoms with van der Waals surface area (Å²) >= 11 is 0. The predicted octanol–water partition coefficient (Wildman–Crippen LogP) is 1.23. The molecule has 1 heterocycles. The normalized spacial score (nSPS) is 19.9. The molecule has 1 saturated heterocycles. The number of carbonyl (C=O) groups excluding carboxylic acids is 3. The van der Waals surface area contributed by atoms with Gasteiger partial charge in [0.05, 0.1) is 19.1 Å². The molecular weight excluding hydrogens is 303 g/mol. The molecule has 0 aromatic carbocycles. The molecule has 132 valence electrons. The molecule has 0 aromatic heterocycles. The van der Waals surface area contributed by atoms with Gasteiger partial charge in [0.25, 0.3) is 0 Å². The number of likely N-dealkylation sites (N-methyl/N-ethyl adjacent to an activating group) is 1. The predicted molar refractivity (Wildman–Crippen MR) is 83.7 cm³/mol. The highest BCUT2D eigenvalue weighted by Gasteiger charge is 2.30. The minimum Gasteiger partial charge on any atom is -0.466 e. The van der Waals surface area contributed by atoms with Crippen LogP contribution in [0.2, 0.25) is 0 Å². The Kier molecular flexibility index (Phi) is 8.76. The second-order valence-corrected chi connectivity index (χ2v) is 5.93. The highest BCUT2D eigenvalue weighted by molar-refractivity contribution is 5.94. The van der Waals surface area contributed by atoms with Gasteiger partial charge in [-0.1, -0.05) is 19.8 Å². The monoisotopic (exact) mass is 330 g/mol. The van der Waals surface area contributed by atoms with E-state index in [1.54, 1.807) is 0 Å². The van der Waals surface area contributed by atoms with E-state index >= 15 is 0 Å². The number of esters is 1. The molecule has 6 nitrogen and oxygen atoms in total. The maximum atomic E-state index is 12.7. The van der Waals surface area contributed by atoms with E-state index in [4.69, 9.17) is 4.74 Å². The van der Waals surface area contributed by atoms with E-state index in [9.17, 15) is 18.8 Å². The zero-order chi connectivity index (χ0) is 17.2. The van der Waals surface area contributed by atoms with Crippen LogP contribution in [0.5, 0.6) is 0 Å². The molecule has 7 heteroatoms. The van der Waals surface area contributed by atoms with Crippen LogP contribution in [0, 0.1) is 0 Å². The minimum atomic E-state index is -1.21. The molecule has 1 fully saturated rings. The Balaban J connectivity index is 2.58. The number of ether oxygens (including phenoxy) is 1. The van der Waals surface area contributed by atoms with Gasteiger partial charge in [0, 0.05) is 0 Å². The Morgan fingerprint density at radius 2 is 2.09 bits per heavy atom. The van der Waals surface area contributed by atoms with Gasteiger partial charge in [-0.2, -0.15) is 0 Å². The van der Waals surface area contributed by atoms with Gasteiger partial charge in [-0.25, -0.2) is 4.39 Å². The first-order valence-corrected chi connectivity index (χ1v) is 8.24. The van der Waals surface area contributed by atoms with Crippen molar-refractivity contribution >= 4 is 17.7 Å². The van der Waals surface area contributed by atoms with Crippen LogP contribution in [0.3, 0.4) is 0 Å². The number of carbonyl (C=O) groups is 3. The molecule has 0 radical (unpaired) electrons. The largest absolute Gasteiger partial charge is 0.466 e. The van der Waals surface area contributed by atoms with Crippen LogP contribution in [-0.4, -0.2) is 61.5 Å². The first-order valence-electron chi connectivity index (χ1n) is 8.24. The number of ketones is 1. The van der Waals surface area contributed by atoms with E-state index in [0.29, 0.717) is 6.42 Å². The molecule has 1 amide bonds. The lowest BCUT2D eigenvalue weighted by Gasteiger charge is -2.32. The smallest absolute Gasteiger partial charge is 0.308 e. The third-order valence-corrected chi connectivity index (χ3v) is 4.04. The summed E-state index contributed by atoms with van der Waals surface area (Å²) in [5, 5.41) is 2.52. The Morgan fingerprint density at radius 3 is 2.70 bits per heavy atom. The lowest BCUT2D eigenvalue weighted by Crippen LogP contribution is -2.52. The summed E-state index contributed by atoms with van der Waals surface area (Å²) < 4.78 is 17.7. The number of amides is 1. The van der Waals surface area contributed by atoms with Crippen molar-refractivity contribution in [3.8, 4) is 0 Å². The van der Waals surface area contributed by atoms with Crippen molar-refractivity contribution in [3.63, 3.8) is 0 Å². The van der Waals surface area contributed by atoms with Gasteiger partial charge in [-0.05, 0) is 32.9 Å². The summed E-state index contributed by atoms with van der Waals surface area (Å²) in [5.41, 5.74) is 0. The summed E-state index contributed by atoms with van der Waals surface area (Å²) in [6, 6.07) is -1.49. The van der Waals surface area contributed by atoms with Crippen LogP contribution < -0.4 is 5.32 Å². The first-order chi connectivity index (χ1) is 11.0. The SMILES string of the molecule is CCCCOC(=O)CC(NC(=O)C1CCCCN1C)C(=O)CF. The van der Waals surface area contributed by atoms with Gasteiger partial charge in [-0.3, -0.25) is 19.3 Å². The Labute approximate surface area is 136 Å². The highest BCUT2D eigenvalue weighted by atomic mass is 19.1. The third-order valence-electron chi connectivity index (χ3n) is 4.04. The third kappa shape index (κ3) is 6.64. The summed E-state index contributed by atoms with van der Waals surface area (Å²) in [5.74, 6) is -1.73. The Morgan fingerprint density at radius 1 is 1.35 bits per heavy atom. The van der Waals surface area contributed by atoms with Crippen LogP contribution in [0.4, 0.5) is 4.39 Å². The average molecular weight is 330 g/mol. The summed E-state index contributed by atoms with van der Waals surface area (Å²) in [6.45, 7) is 1.82. The Bertz CT molecular complexity index is 417. The molecule has 0 aliphatic carbocycles. The lowest BCUT2D eigenvalue weighted by atomic mass is 10.0. The summed E-state index contributed by atoms with van der Waals surface area (Å²) in [7, 11) is 1.84. The molecule has 1 aliphatic rings. The number of Topliss-reactive ketones (excluding diaryl/α,β-unsaturated/α-hetero) is 1. The molecule has 0 bridgehead atoms. The van der Waals surface area contributed by atoms with Crippen molar-refractivity contribution < 1.29 is 23.5 Å². The highest BCUT2D eigenvalue weighted by Crippen LogP contribution is 2.15. The zero-order valence-electron chi connectivity index (χ0n) is 14.0. The fourth-order valence-corrected chi connectivity index (χ4v) is 2.57. The van der Waals surface area contributed by atoms with Crippen LogP contribution in [0.1, 0.15) is 45.4 Å². The van der Waals surface area contributed by atoms with Crippen LogP contribution in [0.15, 0.2) is 0 Å². The number of unbranched alkanes of at least 4 members (excludes halogenated alkanes) is 1. The van der Waals surface area contributed by atoms with Crippen molar-refractivity contribution in [3.05, 3.63) is 0 Å². The van der Waals surface area contributed by atoms with Crippen LogP contribution >= 0.6 is 0 Å². The maximum Gasteiger partial charge on any atom is 0.308 e. The molecule has 1 rings (SSSR count). The molecular formula is C16H27FN2O4. The molecule has 23 heavy (non-hydrogen) atoms. The van der Waals surface area contributed by atoms with Crippen molar-refractivity contribution in [2.45, 2.75) is 57.5 Å². The quantitative estimate of drug-likeness (QED) is 0.508. The van der Waals surface area contributed by atoms with Crippen LogP contribution in [0.25, 0.3) is 0 Å². The van der Waals surface area contributed by atoms with E-state index in [-0.39, 0.29) is 25.0 Å². The van der Waals surface area contributed by atoms with Gasteiger partial charge in [-0.15, -0.1) is 0 Å². The second-order valence-electron chi connectivity index (χ2n) is 5.93. The van der Waals surface area contributed by atoms with Crippen molar-refractivity contribution in [1.82, 2.24) is 10.2 Å². The number of likely N-dealkylation sites (tertiary alicyclic amines) is 1. The van der Waals surface area contributed by atoms with E-state index in [2.05, 4.69) is 5.32 Å². The number of hydrogen-bond acceptors (Lipinski definition) is 5. The number of nitrogens with one attached hydrogen (secondary N) is 1. The molecule has 0 aromatic rings. The molecule has 2 unspecified atom stereocenters. The molecule has 1 N–H and O–H groups in total. The summed E-state index contributed by atoms with van der Waals surface area (Å²) in [4.78, 5) is 37.6. The number of piperidine rings is 1. The first kappa shape index (κ1) is 19.5. The van der Waals surface area contributed by atoms with Crippen molar-refractivity contribution in [2.75, 3.05) is 26.9 Å². The van der Waals surface area contributed by atoms with Gasteiger partial charge in [0.2, 0.25) is 5.91 Å². The molecule has 0 spiro atoms. The minimum absolute atomic E-state index is 0.269. The van der Waals surface area contributed by atoms with Crippen molar-refractivity contribution in [1.29, 1.82) is 0 Å². The van der Waals surface area contributed by atoms with E-state index in [0.717, 1.165) is 32.2 Å².